The maximum Gasteiger partial charge on any atom is 0.305 e. The number of rotatable bonds is 6. The average Bonchev–Trinajstić information content (AvgIpc) is 2.99. The van der Waals surface area contributed by atoms with Crippen molar-refractivity contribution < 1.29 is 9.53 Å². The molecule has 1 aromatic carbocycles. The van der Waals surface area contributed by atoms with Crippen LogP contribution in [0.25, 0.3) is 21.3 Å². The van der Waals surface area contributed by atoms with Crippen molar-refractivity contribution in [3.63, 3.8) is 0 Å². The molecule has 3 rings (SSSR count). The molecule has 0 bridgehead atoms. The number of aryl methyl sites for hydroxylation is 1. The standard InChI is InChI=1S/C21H24N2O3S/c1-13(2)19-22-20-18(21(25)23(19)12-8-11-16(24)26-4)17(14(3)27-20)15-9-6-5-7-10-15/h5-7,9-10,13H,8,11-12H2,1-4H3. The minimum atomic E-state index is -0.264. The van der Waals surface area contributed by atoms with Crippen LogP contribution in [0.1, 0.15) is 43.3 Å². The van der Waals surface area contributed by atoms with Crippen molar-refractivity contribution in [2.24, 2.45) is 0 Å². The summed E-state index contributed by atoms with van der Waals surface area (Å²) in [5.74, 6) is 0.612. The van der Waals surface area contributed by atoms with E-state index >= 15 is 0 Å². The Balaban J connectivity index is 2.16. The van der Waals surface area contributed by atoms with Crippen molar-refractivity contribution in [2.45, 2.75) is 46.1 Å². The molecule has 0 aliphatic heterocycles. The van der Waals surface area contributed by atoms with Crippen molar-refractivity contribution >= 4 is 27.5 Å². The van der Waals surface area contributed by atoms with Crippen LogP contribution in [0.15, 0.2) is 35.1 Å². The normalized spacial score (nSPS) is 11.3. The zero-order valence-corrected chi connectivity index (χ0v) is 16.9. The lowest BCUT2D eigenvalue weighted by atomic mass is 10.0. The van der Waals surface area contributed by atoms with Crippen LogP contribution in [-0.2, 0) is 16.1 Å². The van der Waals surface area contributed by atoms with E-state index < -0.39 is 0 Å². The van der Waals surface area contributed by atoms with Gasteiger partial charge < -0.3 is 4.74 Å². The molecule has 0 radical (unpaired) electrons. The summed E-state index contributed by atoms with van der Waals surface area (Å²) in [4.78, 5) is 31.6. The Labute approximate surface area is 162 Å². The minimum absolute atomic E-state index is 0.0308. The number of carbonyl (C=O) groups excluding carboxylic acids is 1. The molecule has 3 aromatic rings. The first kappa shape index (κ1) is 19.3. The summed E-state index contributed by atoms with van der Waals surface area (Å²) in [6.45, 7) is 6.55. The van der Waals surface area contributed by atoms with Gasteiger partial charge in [0.2, 0.25) is 0 Å². The molecule has 0 spiro atoms. The number of fused-ring (bicyclic) bond motifs is 1. The summed E-state index contributed by atoms with van der Waals surface area (Å²) in [7, 11) is 1.38. The molecule has 27 heavy (non-hydrogen) atoms. The van der Waals surface area contributed by atoms with Gasteiger partial charge in [-0.15, -0.1) is 11.3 Å². The molecule has 5 nitrogen and oxygen atoms in total. The highest BCUT2D eigenvalue weighted by atomic mass is 32.1. The van der Waals surface area contributed by atoms with Gasteiger partial charge in [-0.25, -0.2) is 4.98 Å². The van der Waals surface area contributed by atoms with Crippen LogP contribution in [-0.4, -0.2) is 22.6 Å². The minimum Gasteiger partial charge on any atom is -0.469 e. The number of ether oxygens (including phenoxy) is 1. The molecule has 6 heteroatoms. The maximum absolute atomic E-state index is 13.4. The Morgan fingerprint density at radius 3 is 2.59 bits per heavy atom. The number of thiophene rings is 1. The number of methoxy groups -OCH3 is 1. The Morgan fingerprint density at radius 2 is 1.96 bits per heavy atom. The van der Waals surface area contributed by atoms with E-state index in [0.717, 1.165) is 26.7 Å². The molecule has 0 atom stereocenters. The molecule has 2 aromatic heterocycles. The third-order valence-corrected chi connectivity index (χ3v) is 5.59. The lowest BCUT2D eigenvalue weighted by molar-refractivity contribution is -0.140. The molecule has 0 aliphatic carbocycles. The van der Waals surface area contributed by atoms with Gasteiger partial charge in [-0.2, -0.15) is 0 Å². The first-order chi connectivity index (χ1) is 12.9. The van der Waals surface area contributed by atoms with Crippen LogP contribution in [0.3, 0.4) is 0 Å². The fourth-order valence-electron chi connectivity index (χ4n) is 3.30. The van der Waals surface area contributed by atoms with Gasteiger partial charge in [0.25, 0.3) is 5.56 Å². The van der Waals surface area contributed by atoms with Gasteiger partial charge in [0, 0.05) is 29.3 Å². The summed E-state index contributed by atoms with van der Waals surface area (Å²) in [6, 6.07) is 9.96. The van der Waals surface area contributed by atoms with E-state index in [1.165, 1.54) is 7.11 Å². The van der Waals surface area contributed by atoms with E-state index in [-0.39, 0.29) is 23.9 Å². The van der Waals surface area contributed by atoms with Crippen molar-refractivity contribution in [1.82, 2.24) is 9.55 Å². The summed E-state index contributed by atoms with van der Waals surface area (Å²) >= 11 is 1.56. The van der Waals surface area contributed by atoms with Crippen LogP contribution in [0.2, 0.25) is 0 Å². The zero-order chi connectivity index (χ0) is 19.6. The van der Waals surface area contributed by atoms with Crippen molar-refractivity contribution in [2.75, 3.05) is 7.11 Å². The predicted molar refractivity (Wildman–Crippen MR) is 109 cm³/mol. The van der Waals surface area contributed by atoms with Gasteiger partial charge in [0.15, 0.2) is 0 Å². The van der Waals surface area contributed by atoms with Gasteiger partial charge in [-0.1, -0.05) is 44.2 Å². The number of carbonyl (C=O) groups is 1. The topological polar surface area (TPSA) is 61.2 Å². The molecular formula is C21H24N2O3S. The predicted octanol–water partition coefficient (Wildman–Crippen LogP) is 4.51. The molecular weight excluding hydrogens is 360 g/mol. The SMILES string of the molecule is COC(=O)CCCn1c(C(C)C)nc2sc(C)c(-c3ccccc3)c2c1=O. The second kappa shape index (κ2) is 8.05. The number of esters is 1. The fraction of sp³-hybridized carbons (Fsp3) is 0.381. The first-order valence-electron chi connectivity index (χ1n) is 9.10. The van der Waals surface area contributed by atoms with Gasteiger partial charge in [0.05, 0.1) is 12.5 Å². The number of benzene rings is 1. The highest BCUT2D eigenvalue weighted by Crippen LogP contribution is 2.36. The van der Waals surface area contributed by atoms with E-state index in [2.05, 4.69) is 0 Å². The maximum atomic E-state index is 13.4. The van der Waals surface area contributed by atoms with E-state index in [0.29, 0.717) is 18.4 Å². The van der Waals surface area contributed by atoms with E-state index in [1.807, 2.05) is 51.1 Å². The van der Waals surface area contributed by atoms with Crippen LogP contribution < -0.4 is 5.56 Å². The molecule has 0 aliphatic rings. The smallest absolute Gasteiger partial charge is 0.305 e. The molecule has 2 heterocycles. The first-order valence-corrected chi connectivity index (χ1v) is 9.91. The Hall–Kier alpha value is -2.47. The highest BCUT2D eigenvalue weighted by molar-refractivity contribution is 7.19. The van der Waals surface area contributed by atoms with Crippen LogP contribution in [0, 0.1) is 6.92 Å². The van der Waals surface area contributed by atoms with Crippen molar-refractivity contribution in [1.29, 1.82) is 0 Å². The Kier molecular flexibility index (Phi) is 5.75. The summed E-state index contributed by atoms with van der Waals surface area (Å²) < 4.78 is 6.44. The molecule has 0 N–H and O–H groups in total. The third-order valence-electron chi connectivity index (χ3n) is 4.59. The Bertz CT molecular complexity index is 1020. The lowest BCUT2D eigenvalue weighted by Gasteiger charge is -2.15. The lowest BCUT2D eigenvalue weighted by Crippen LogP contribution is -2.26. The quantitative estimate of drug-likeness (QED) is 0.587. The van der Waals surface area contributed by atoms with Crippen LogP contribution in [0.5, 0.6) is 0 Å². The fourth-order valence-corrected chi connectivity index (χ4v) is 4.35. The summed E-state index contributed by atoms with van der Waals surface area (Å²) in [5.41, 5.74) is 1.96. The van der Waals surface area contributed by atoms with Crippen molar-refractivity contribution in [3.05, 3.63) is 51.4 Å². The van der Waals surface area contributed by atoms with Gasteiger partial charge in [-0.3, -0.25) is 14.2 Å². The average molecular weight is 385 g/mol. The van der Waals surface area contributed by atoms with Gasteiger partial charge in [-0.05, 0) is 18.9 Å². The van der Waals surface area contributed by atoms with Crippen LogP contribution in [0.4, 0.5) is 0 Å². The summed E-state index contributed by atoms with van der Waals surface area (Å²) in [6.07, 6.45) is 0.829. The number of aromatic nitrogens is 2. The molecule has 0 amide bonds. The number of hydrogen-bond donors (Lipinski definition) is 0. The number of nitrogens with zero attached hydrogens (tertiary/aromatic N) is 2. The second-order valence-corrected chi connectivity index (χ2v) is 8.04. The van der Waals surface area contributed by atoms with E-state index in [4.69, 9.17) is 9.72 Å². The summed E-state index contributed by atoms with van der Waals surface area (Å²) in [5, 5.41) is 0.672. The Morgan fingerprint density at radius 1 is 1.26 bits per heavy atom. The van der Waals surface area contributed by atoms with Crippen molar-refractivity contribution in [3.8, 4) is 11.1 Å². The van der Waals surface area contributed by atoms with E-state index in [1.54, 1.807) is 15.9 Å². The van der Waals surface area contributed by atoms with Gasteiger partial charge in [0.1, 0.15) is 10.7 Å². The van der Waals surface area contributed by atoms with E-state index in [9.17, 15) is 9.59 Å². The molecule has 142 valence electrons. The van der Waals surface area contributed by atoms with Gasteiger partial charge >= 0.3 is 5.97 Å². The molecule has 0 unspecified atom stereocenters. The molecule has 0 saturated carbocycles. The van der Waals surface area contributed by atoms with Crippen LogP contribution >= 0.6 is 11.3 Å². The monoisotopic (exact) mass is 384 g/mol. The molecule has 0 fully saturated rings. The highest BCUT2D eigenvalue weighted by Gasteiger charge is 2.20. The molecule has 0 saturated heterocycles. The largest absolute Gasteiger partial charge is 0.469 e. The third kappa shape index (κ3) is 3.81. The number of hydrogen-bond acceptors (Lipinski definition) is 5. The second-order valence-electron chi connectivity index (χ2n) is 6.84. The zero-order valence-electron chi connectivity index (χ0n) is 16.1.